The maximum Gasteiger partial charge on any atom is 0.0877 e. The van der Waals surface area contributed by atoms with Crippen molar-refractivity contribution in [2.24, 2.45) is 0 Å². The molecule has 0 spiro atoms. The van der Waals surface area contributed by atoms with Crippen LogP contribution < -0.4 is 0 Å². The van der Waals surface area contributed by atoms with E-state index in [1.807, 2.05) is 12.1 Å². The molecule has 0 saturated carbocycles. The number of nitrogens with zero attached hydrogens (tertiary/aromatic N) is 1. The predicted molar refractivity (Wildman–Crippen MR) is 57.9 cm³/mol. The Labute approximate surface area is 91.9 Å². The predicted octanol–water partition coefficient (Wildman–Crippen LogP) is 1.52. The molecule has 2 N–H and O–H groups in total. The second-order valence-electron chi connectivity index (χ2n) is 3.81. The fourth-order valence-corrected chi connectivity index (χ4v) is 1.42. The molecule has 1 unspecified atom stereocenters. The van der Waals surface area contributed by atoms with Crippen LogP contribution in [0.1, 0.15) is 19.5 Å². The van der Waals surface area contributed by atoms with Gasteiger partial charge in [0.25, 0.3) is 0 Å². The first-order valence-corrected chi connectivity index (χ1v) is 5.20. The minimum Gasteiger partial charge on any atom is -0.390 e. The third kappa shape index (κ3) is 3.04. The topological polar surface area (TPSA) is 53.4 Å². The summed E-state index contributed by atoms with van der Waals surface area (Å²) in [4.78, 5) is 4.11. The molecule has 3 nitrogen and oxygen atoms in total. The molecule has 78 valence electrons. The molecule has 0 fully saturated rings. The van der Waals surface area contributed by atoms with E-state index in [0.717, 1.165) is 10.2 Å². The van der Waals surface area contributed by atoms with E-state index in [0.29, 0.717) is 6.42 Å². The Morgan fingerprint density at radius 3 is 2.71 bits per heavy atom. The average Bonchev–Trinajstić information content (AvgIpc) is 2.07. The van der Waals surface area contributed by atoms with Gasteiger partial charge >= 0.3 is 0 Å². The molecule has 0 radical (unpaired) electrons. The molecule has 0 aromatic carbocycles. The fourth-order valence-electron chi connectivity index (χ4n) is 1.00. The quantitative estimate of drug-likeness (QED) is 0.866. The Morgan fingerprint density at radius 1 is 1.57 bits per heavy atom. The smallest absolute Gasteiger partial charge is 0.0877 e. The van der Waals surface area contributed by atoms with Crippen LogP contribution in [0.25, 0.3) is 0 Å². The van der Waals surface area contributed by atoms with Crippen molar-refractivity contribution in [2.75, 3.05) is 0 Å². The van der Waals surface area contributed by atoms with E-state index in [9.17, 15) is 10.2 Å². The molecule has 0 aliphatic rings. The van der Waals surface area contributed by atoms with E-state index in [4.69, 9.17) is 0 Å². The van der Waals surface area contributed by atoms with Crippen molar-refractivity contribution < 1.29 is 10.2 Å². The summed E-state index contributed by atoms with van der Waals surface area (Å²) in [5, 5.41) is 19.2. The third-order valence-corrected chi connectivity index (χ3v) is 2.76. The maximum atomic E-state index is 9.65. The molecular weight excluding hydrogens is 246 g/mol. The van der Waals surface area contributed by atoms with Crippen molar-refractivity contribution in [3.05, 3.63) is 28.5 Å². The van der Waals surface area contributed by atoms with Crippen LogP contribution >= 0.6 is 15.9 Å². The van der Waals surface area contributed by atoms with Gasteiger partial charge in [0.2, 0.25) is 0 Å². The first-order chi connectivity index (χ1) is 6.41. The second kappa shape index (κ2) is 4.38. The molecule has 1 atom stereocenters. The summed E-state index contributed by atoms with van der Waals surface area (Å²) in [7, 11) is 0. The molecule has 0 saturated heterocycles. The number of hydrogen-bond donors (Lipinski definition) is 2. The monoisotopic (exact) mass is 259 g/mol. The number of aliphatic hydroxyl groups is 2. The summed E-state index contributed by atoms with van der Waals surface area (Å²) >= 11 is 3.34. The van der Waals surface area contributed by atoms with Crippen LogP contribution in [0.4, 0.5) is 0 Å². The van der Waals surface area contributed by atoms with E-state index in [-0.39, 0.29) is 0 Å². The number of aliphatic hydroxyl groups excluding tert-OH is 1. The SMILES string of the molecule is CC(C)(O)C(O)Cc1ncccc1Br. The molecule has 0 aliphatic carbocycles. The number of rotatable bonds is 3. The summed E-state index contributed by atoms with van der Waals surface area (Å²) in [6, 6.07) is 3.67. The minimum absolute atomic E-state index is 0.338. The van der Waals surface area contributed by atoms with E-state index in [1.165, 1.54) is 0 Å². The Bertz CT molecular complexity index is 309. The zero-order valence-corrected chi connectivity index (χ0v) is 9.82. The van der Waals surface area contributed by atoms with Crippen molar-refractivity contribution in [1.29, 1.82) is 0 Å². The van der Waals surface area contributed by atoms with Crippen LogP contribution in [0.15, 0.2) is 22.8 Å². The maximum absolute atomic E-state index is 9.65. The number of halogens is 1. The van der Waals surface area contributed by atoms with Crippen LogP contribution in [-0.4, -0.2) is 26.9 Å². The summed E-state index contributed by atoms with van der Waals surface area (Å²) in [5.41, 5.74) is -0.348. The molecule has 1 aromatic heterocycles. The van der Waals surface area contributed by atoms with E-state index < -0.39 is 11.7 Å². The first kappa shape index (κ1) is 11.6. The highest BCUT2D eigenvalue weighted by Gasteiger charge is 2.25. The van der Waals surface area contributed by atoms with Crippen molar-refractivity contribution in [1.82, 2.24) is 4.98 Å². The average molecular weight is 260 g/mol. The lowest BCUT2D eigenvalue weighted by Gasteiger charge is -2.24. The van der Waals surface area contributed by atoms with Crippen LogP contribution in [0.5, 0.6) is 0 Å². The van der Waals surface area contributed by atoms with Gasteiger partial charge in [0.15, 0.2) is 0 Å². The van der Waals surface area contributed by atoms with Gasteiger partial charge in [-0.05, 0) is 41.9 Å². The van der Waals surface area contributed by atoms with Crippen LogP contribution in [0.3, 0.4) is 0 Å². The highest BCUT2D eigenvalue weighted by atomic mass is 79.9. The number of hydrogen-bond acceptors (Lipinski definition) is 3. The molecule has 0 aliphatic heterocycles. The zero-order valence-electron chi connectivity index (χ0n) is 8.24. The van der Waals surface area contributed by atoms with E-state index in [2.05, 4.69) is 20.9 Å². The number of aromatic nitrogens is 1. The van der Waals surface area contributed by atoms with E-state index in [1.54, 1.807) is 20.0 Å². The van der Waals surface area contributed by atoms with Gasteiger partial charge in [-0.25, -0.2) is 0 Å². The Balaban J connectivity index is 2.75. The molecular formula is C10H14BrNO2. The third-order valence-electron chi connectivity index (χ3n) is 2.04. The van der Waals surface area contributed by atoms with Crippen LogP contribution in [0, 0.1) is 0 Å². The van der Waals surface area contributed by atoms with Gasteiger partial charge in [0.1, 0.15) is 0 Å². The normalized spacial score (nSPS) is 14.1. The summed E-state index contributed by atoms with van der Waals surface area (Å²) in [6.45, 7) is 3.16. The van der Waals surface area contributed by atoms with Gasteiger partial charge in [-0.15, -0.1) is 0 Å². The summed E-state index contributed by atoms with van der Waals surface area (Å²) in [6.07, 6.45) is 1.19. The minimum atomic E-state index is -1.10. The van der Waals surface area contributed by atoms with Gasteiger partial charge < -0.3 is 10.2 Å². The lowest BCUT2D eigenvalue weighted by molar-refractivity contribution is -0.0474. The standard InChI is InChI=1S/C10H14BrNO2/c1-10(2,14)9(13)6-8-7(11)4-3-5-12-8/h3-5,9,13-14H,6H2,1-2H3. The van der Waals surface area contributed by atoms with Crippen molar-refractivity contribution in [3.8, 4) is 0 Å². The Hall–Kier alpha value is -0.450. The molecule has 0 amide bonds. The van der Waals surface area contributed by atoms with Crippen LogP contribution in [0.2, 0.25) is 0 Å². The van der Waals surface area contributed by atoms with Gasteiger partial charge in [-0.1, -0.05) is 0 Å². The molecule has 1 aromatic rings. The lowest BCUT2D eigenvalue weighted by Crippen LogP contribution is -2.37. The highest BCUT2D eigenvalue weighted by Crippen LogP contribution is 2.19. The van der Waals surface area contributed by atoms with Crippen LogP contribution in [-0.2, 0) is 6.42 Å². The zero-order chi connectivity index (χ0) is 10.8. The molecule has 4 heteroatoms. The van der Waals surface area contributed by atoms with Gasteiger partial charge in [-0.3, -0.25) is 4.98 Å². The molecule has 14 heavy (non-hydrogen) atoms. The van der Waals surface area contributed by atoms with Gasteiger partial charge in [-0.2, -0.15) is 0 Å². The van der Waals surface area contributed by atoms with Crippen molar-refractivity contribution in [3.63, 3.8) is 0 Å². The largest absolute Gasteiger partial charge is 0.390 e. The second-order valence-corrected chi connectivity index (χ2v) is 4.66. The molecule has 1 heterocycles. The van der Waals surface area contributed by atoms with E-state index >= 15 is 0 Å². The lowest BCUT2D eigenvalue weighted by atomic mass is 9.97. The fraction of sp³-hybridized carbons (Fsp3) is 0.500. The Kier molecular flexibility index (Phi) is 3.64. The summed E-state index contributed by atoms with van der Waals surface area (Å²) in [5.74, 6) is 0. The van der Waals surface area contributed by atoms with Gasteiger partial charge in [0, 0.05) is 17.1 Å². The molecule has 1 rings (SSSR count). The van der Waals surface area contributed by atoms with Crippen molar-refractivity contribution in [2.45, 2.75) is 32.0 Å². The van der Waals surface area contributed by atoms with Crippen molar-refractivity contribution >= 4 is 15.9 Å². The molecule has 0 bridgehead atoms. The summed E-state index contributed by atoms with van der Waals surface area (Å²) < 4.78 is 0.850. The van der Waals surface area contributed by atoms with Gasteiger partial charge in [0.05, 0.1) is 17.4 Å². The Morgan fingerprint density at radius 2 is 2.21 bits per heavy atom. The highest BCUT2D eigenvalue weighted by molar-refractivity contribution is 9.10. The number of pyridine rings is 1. The first-order valence-electron chi connectivity index (χ1n) is 4.41.